The molecule has 0 saturated heterocycles. The maximum Gasteiger partial charge on any atom is 0.413 e. The second-order valence-corrected chi connectivity index (χ2v) is 14.1. The van der Waals surface area contributed by atoms with Crippen molar-refractivity contribution in [2.24, 2.45) is 0 Å². The molecule has 1 aromatic heterocycles. The van der Waals surface area contributed by atoms with Crippen molar-refractivity contribution >= 4 is 44.9 Å². The van der Waals surface area contributed by atoms with Gasteiger partial charge in [-0.25, -0.2) is 13.2 Å². The van der Waals surface area contributed by atoms with Crippen molar-refractivity contribution in [3.8, 4) is 28.0 Å². The van der Waals surface area contributed by atoms with Gasteiger partial charge in [-0.05, 0) is 56.4 Å². The molecule has 0 spiro atoms. The predicted molar refractivity (Wildman–Crippen MR) is 168 cm³/mol. The van der Waals surface area contributed by atoms with Crippen LogP contribution in [0.2, 0.25) is 0 Å². The fourth-order valence-corrected chi connectivity index (χ4v) is 8.06. The molecule has 42 heavy (non-hydrogen) atoms. The Morgan fingerprint density at radius 2 is 1.60 bits per heavy atom. The van der Waals surface area contributed by atoms with Gasteiger partial charge in [0, 0.05) is 18.2 Å². The quantitative estimate of drug-likeness (QED) is 0.0859. The van der Waals surface area contributed by atoms with Crippen molar-refractivity contribution in [1.82, 2.24) is 5.32 Å². The normalized spacial score (nSPS) is 11.6. The maximum absolute atomic E-state index is 13.9. The van der Waals surface area contributed by atoms with Crippen LogP contribution in [0.3, 0.4) is 0 Å². The van der Waals surface area contributed by atoms with Crippen LogP contribution >= 0.6 is 23.1 Å². The van der Waals surface area contributed by atoms with E-state index < -0.39 is 21.5 Å². The molecule has 2 N–H and O–H groups in total. The Bertz CT molecular complexity index is 1690. The van der Waals surface area contributed by atoms with Gasteiger partial charge in [-0.3, -0.25) is 10.7 Å². The monoisotopic (exact) mass is 624 g/mol. The molecule has 0 fully saturated rings. The molecule has 0 bridgehead atoms. The van der Waals surface area contributed by atoms with Gasteiger partial charge in [-0.1, -0.05) is 60.7 Å². The summed E-state index contributed by atoms with van der Waals surface area (Å²) in [5, 5.41) is 10.7. The molecule has 4 rings (SSSR count). The summed E-state index contributed by atoms with van der Waals surface area (Å²) in [5.74, 6) is 0.335. The van der Waals surface area contributed by atoms with Gasteiger partial charge in [-0.2, -0.15) is 0 Å². The van der Waals surface area contributed by atoms with E-state index >= 15 is 0 Å². The van der Waals surface area contributed by atoms with Crippen molar-refractivity contribution in [3.63, 3.8) is 0 Å². The van der Waals surface area contributed by atoms with E-state index in [4.69, 9.17) is 19.6 Å². The minimum Gasteiger partial charge on any atom is -0.466 e. The van der Waals surface area contributed by atoms with E-state index in [9.17, 15) is 13.2 Å². The van der Waals surface area contributed by atoms with Gasteiger partial charge < -0.3 is 14.2 Å². The summed E-state index contributed by atoms with van der Waals surface area (Å²) in [4.78, 5) is 12.6. The van der Waals surface area contributed by atoms with Crippen molar-refractivity contribution in [2.75, 3.05) is 20.2 Å². The highest BCUT2D eigenvalue weighted by Crippen LogP contribution is 2.41. The number of ether oxygens (including phenoxy) is 3. The first-order valence-corrected chi connectivity index (χ1v) is 16.4. The first-order chi connectivity index (χ1) is 19.9. The minimum absolute atomic E-state index is 0.0207. The second kappa shape index (κ2) is 13.1. The molecule has 0 aliphatic rings. The summed E-state index contributed by atoms with van der Waals surface area (Å²) in [6.07, 6.45) is 0.984. The summed E-state index contributed by atoms with van der Waals surface area (Å²) in [5.41, 5.74) is 2.43. The molecule has 1 heterocycles. The Kier molecular flexibility index (Phi) is 9.78. The Morgan fingerprint density at radius 1 is 0.952 bits per heavy atom. The largest absolute Gasteiger partial charge is 0.466 e. The van der Waals surface area contributed by atoms with Crippen LogP contribution in [0.15, 0.2) is 92.9 Å². The van der Waals surface area contributed by atoms with E-state index in [1.165, 1.54) is 17.8 Å². The Hall–Kier alpha value is -3.64. The molecule has 0 radical (unpaired) electrons. The number of benzene rings is 3. The number of thiophene rings is 1. The molecule has 11 heteroatoms. The lowest BCUT2D eigenvalue weighted by Crippen LogP contribution is -2.36. The first-order valence-electron chi connectivity index (χ1n) is 12.9. The Balaban J connectivity index is 1.73. The molecule has 0 unspecified atom stereocenters. The number of para-hydroxylation sites is 1. The van der Waals surface area contributed by atoms with Crippen LogP contribution in [0.25, 0.3) is 22.3 Å². The number of hydrogen-bond acceptors (Lipinski definition) is 9. The fraction of sp³-hybridized carbons (Fsp3) is 0.226. The number of carbonyl (C=O) groups is 1. The third kappa shape index (κ3) is 7.22. The van der Waals surface area contributed by atoms with Crippen LogP contribution in [-0.4, -0.2) is 46.1 Å². The van der Waals surface area contributed by atoms with Gasteiger partial charge in [0.25, 0.3) is 0 Å². The van der Waals surface area contributed by atoms with Gasteiger partial charge in [-0.15, -0.1) is 23.1 Å². The van der Waals surface area contributed by atoms with Crippen LogP contribution in [0.1, 0.15) is 25.6 Å². The van der Waals surface area contributed by atoms with E-state index in [1.807, 2.05) is 54.6 Å². The van der Waals surface area contributed by atoms with E-state index in [2.05, 4.69) is 5.32 Å². The van der Waals surface area contributed by atoms with Crippen molar-refractivity contribution in [1.29, 1.82) is 5.41 Å². The summed E-state index contributed by atoms with van der Waals surface area (Å²) >= 11 is 2.38. The van der Waals surface area contributed by atoms with Gasteiger partial charge in [0.15, 0.2) is 6.79 Å². The zero-order chi connectivity index (χ0) is 30.5. The van der Waals surface area contributed by atoms with Crippen LogP contribution in [0, 0.1) is 5.41 Å². The number of nitrogens with one attached hydrogen (secondary N) is 2. The zero-order valence-electron chi connectivity index (χ0n) is 23.9. The van der Waals surface area contributed by atoms with Gasteiger partial charge in [0.1, 0.15) is 17.2 Å². The number of thioether (sulfide) groups is 1. The number of methoxy groups -OCH3 is 1. The molecule has 0 aliphatic heterocycles. The van der Waals surface area contributed by atoms with Gasteiger partial charge in [0.05, 0.1) is 18.9 Å². The number of rotatable bonds is 9. The van der Waals surface area contributed by atoms with E-state index in [0.717, 1.165) is 22.5 Å². The van der Waals surface area contributed by atoms with E-state index in [0.29, 0.717) is 26.0 Å². The number of hydrogen-bond donors (Lipinski definition) is 2. The number of carbonyl (C=O) groups excluding carboxylic acids is 1. The van der Waals surface area contributed by atoms with Crippen LogP contribution < -0.4 is 10.1 Å². The number of sulfone groups is 1. The molecule has 220 valence electrons. The van der Waals surface area contributed by atoms with Gasteiger partial charge >= 0.3 is 6.09 Å². The highest BCUT2D eigenvalue weighted by Gasteiger charge is 2.27. The summed E-state index contributed by atoms with van der Waals surface area (Å²) in [6, 6.07) is 23.6. The molecular formula is C31H32N2O6S3. The highest BCUT2D eigenvalue weighted by atomic mass is 32.2. The lowest BCUT2D eigenvalue weighted by molar-refractivity contribution is 0.0519. The second-order valence-electron chi connectivity index (χ2n) is 10.1. The van der Waals surface area contributed by atoms with Crippen molar-refractivity contribution in [2.45, 2.75) is 40.4 Å². The molecule has 0 saturated carbocycles. The first kappa shape index (κ1) is 31.3. The third-order valence-electron chi connectivity index (χ3n) is 5.89. The molecule has 4 aromatic rings. The lowest BCUT2D eigenvalue weighted by Gasteiger charge is -2.19. The van der Waals surface area contributed by atoms with Gasteiger partial charge in [0.2, 0.25) is 9.84 Å². The van der Waals surface area contributed by atoms with E-state index in [-0.39, 0.29) is 22.4 Å². The summed E-state index contributed by atoms with van der Waals surface area (Å²) < 4.78 is 44.8. The number of amides is 1. The highest BCUT2D eigenvalue weighted by molar-refractivity contribution is 8.01. The Labute approximate surface area is 254 Å². The van der Waals surface area contributed by atoms with Crippen LogP contribution in [-0.2, 0) is 19.3 Å². The molecule has 0 atom stereocenters. The number of amidine groups is 1. The summed E-state index contributed by atoms with van der Waals surface area (Å²) in [6.45, 7) is 5.18. The standard InChI is InChI=1S/C31H32N2O6S3/c1-31(2,3)39-30(34)33-28(32)25-18-26(29(40-5)41-25)42(35,36)22-14-9-13-21(17-22)24-16-10-15-23(27(24)38-19-37-4)20-11-7-6-8-12-20/h6-18H,19H2,1-5H3,(H2,32,33,34). The van der Waals surface area contributed by atoms with Crippen molar-refractivity contribution in [3.05, 3.63) is 83.7 Å². The number of alkyl carbamates (subject to hydrolysis) is 1. The smallest absolute Gasteiger partial charge is 0.413 e. The lowest BCUT2D eigenvalue weighted by atomic mass is 9.97. The van der Waals surface area contributed by atoms with Crippen LogP contribution in [0.5, 0.6) is 5.75 Å². The van der Waals surface area contributed by atoms with Crippen LogP contribution in [0.4, 0.5) is 4.79 Å². The molecular weight excluding hydrogens is 593 g/mol. The molecule has 3 aromatic carbocycles. The summed E-state index contributed by atoms with van der Waals surface area (Å²) in [7, 11) is -2.45. The average Bonchev–Trinajstić information content (AvgIpc) is 3.41. The minimum atomic E-state index is -3.99. The molecule has 1 amide bonds. The SMILES string of the molecule is COCOc1c(-c2ccccc2)cccc1-c1cccc(S(=O)(=O)c2cc(C(=N)NC(=O)OC(C)(C)C)sc2SC)c1. The third-order valence-corrected chi connectivity index (χ3v) is 10.2. The predicted octanol–water partition coefficient (Wildman–Crippen LogP) is 7.47. The average molecular weight is 625 g/mol. The fourth-order valence-electron chi connectivity index (χ4n) is 4.12. The maximum atomic E-state index is 13.9. The Morgan fingerprint density at radius 3 is 2.24 bits per heavy atom. The molecule has 0 aliphatic carbocycles. The zero-order valence-corrected chi connectivity index (χ0v) is 26.3. The van der Waals surface area contributed by atoms with Crippen molar-refractivity contribution < 1.29 is 27.4 Å². The topological polar surface area (TPSA) is 115 Å². The van der Waals surface area contributed by atoms with E-state index in [1.54, 1.807) is 52.3 Å². The molecule has 8 nitrogen and oxygen atoms in total.